The van der Waals surface area contributed by atoms with Gasteiger partial charge < -0.3 is 19.7 Å². The first-order valence-corrected chi connectivity index (χ1v) is 11.3. The Morgan fingerprint density at radius 3 is 1.77 bits per heavy atom. The number of esters is 2. The van der Waals surface area contributed by atoms with Crippen LogP contribution in [0.3, 0.4) is 0 Å². The maximum atomic E-state index is 13.4. The highest BCUT2D eigenvalue weighted by atomic mass is 79.9. The van der Waals surface area contributed by atoms with Crippen LogP contribution in [0.2, 0.25) is 5.02 Å². The molecular weight excluding hydrogens is 548 g/mol. The number of carbonyl (C=O) groups is 5. The van der Waals surface area contributed by atoms with Crippen LogP contribution in [0.1, 0.15) is 36.2 Å². The lowest BCUT2D eigenvalue weighted by molar-refractivity contribution is -0.183. The van der Waals surface area contributed by atoms with E-state index in [1.54, 1.807) is 12.1 Å². The van der Waals surface area contributed by atoms with Crippen LogP contribution in [0.5, 0.6) is 0 Å². The molecule has 186 valence electrons. The van der Waals surface area contributed by atoms with E-state index in [0.29, 0.717) is 4.47 Å². The number of carboxylic acid groups (broad SMARTS) is 2. The molecule has 2 N–H and O–H groups in total. The van der Waals surface area contributed by atoms with Crippen molar-refractivity contribution in [1.29, 1.82) is 0 Å². The average Bonchev–Trinajstić information content (AvgIpc) is 2.77. The summed E-state index contributed by atoms with van der Waals surface area (Å²) in [7, 11) is 0. The van der Waals surface area contributed by atoms with Gasteiger partial charge in [-0.05, 0) is 29.8 Å². The highest BCUT2D eigenvalue weighted by Gasteiger charge is 2.65. The van der Waals surface area contributed by atoms with Gasteiger partial charge in [-0.25, -0.2) is 0 Å². The summed E-state index contributed by atoms with van der Waals surface area (Å²) in [5, 5.41) is 20.8. The SMILES string of the molecule is CC(=O)OCC(C(=O)O)(C(=O)O)C(COC(C)=O)(CC(=O)c1ccc(Br)cc1)c1ccc(Cl)cc1. The van der Waals surface area contributed by atoms with Crippen molar-refractivity contribution in [2.45, 2.75) is 25.7 Å². The van der Waals surface area contributed by atoms with Crippen LogP contribution in [-0.4, -0.2) is 53.1 Å². The van der Waals surface area contributed by atoms with Crippen molar-refractivity contribution < 1.29 is 43.7 Å². The van der Waals surface area contributed by atoms with Gasteiger partial charge in [-0.2, -0.15) is 0 Å². The topological polar surface area (TPSA) is 144 Å². The molecule has 0 heterocycles. The number of hydrogen-bond donors (Lipinski definition) is 2. The number of Topliss-reactive ketones (excluding diaryl/α,β-unsaturated/α-hetero) is 1. The maximum Gasteiger partial charge on any atom is 0.325 e. The summed E-state index contributed by atoms with van der Waals surface area (Å²) in [6.07, 6.45) is -0.719. The molecule has 1 atom stereocenters. The van der Waals surface area contributed by atoms with Crippen LogP contribution in [0.4, 0.5) is 0 Å². The van der Waals surface area contributed by atoms with Crippen molar-refractivity contribution in [3.8, 4) is 0 Å². The van der Waals surface area contributed by atoms with E-state index in [2.05, 4.69) is 15.9 Å². The number of ketones is 1. The van der Waals surface area contributed by atoms with E-state index in [4.69, 9.17) is 21.1 Å². The monoisotopic (exact) mass is 568 g/mol. The molecular formula is C24H22BrClO9. The Hall–Kier alpha value is -3.24. The molecule has 2 aromatic rings. The van der Waals surface area contributed by atoms with Gasteiger partial charge >= 0.3 is 23.9 Å². The van der Waals surface area contributed by atoms with Crippen LogP contribution < -0.4 is 0 Å². The first-order chi connectivity index (χ1) is 16.4. The summed E-state index contributed by atoms with van der Waals surface area (Å²) in [5.41, 5.74) is -4.94. The van der Waals surface area contributed by atoms with Gasteiger partial charge in [-0.1, -0.05) is 51.8 Å². The fourth-order valence-electron chi connectivity index (χ4n) is 3.73. The van der Waals surface area contributed by atoms with Crippen molar-refractivity contribution >= 4 is 57.2 Å². The van der Waals surface area contributed by atoms with E-state index in [9.17, 15) is 34.2 Å². The van der Waals surface area contributed by atoms with E-state index in [1.165, 1.54) is 36.4 Å². The number of rotatable bonds is 11. The minimum Gasteiger partial charge on any atom is -0.480 e. The molecule has 9 nitrogen and oxygen atoms in total. The van der Waals surface area contributed by atoms with E-state index in [1.807, 2.05) is 0 Å². The van der Waals surface area contributed by atoms with Gasteiger partial charge in [0.2, 0.25) is 5.41 Å². The van der Waals surface area contributed by atoms with Gasteiger partial charge in [0.25, 0.3) is 0 Å². The molecule has 0 bridgehead atoms. The van der Waals surface area contributed by atoms with E-state index < -0.39 is 60.1 Å². The highest BCUT2D eigenvalue weighted by molar-refractivity contribution is 9.10. The molecule has 1 unspecified atom stereocenters. The summed E-state index contributed by atoms with van der Waals surface area (Å²) in [4.78, 5) is 62.2. The molecule has 0 aliphatic heterocycles. The Morgan fingerprint density at radius 2 is 1.31 bits per heavy atom. The van der Waals surface area contributed by atoms with Gasteiger partial charge in [0.05, 0.1) is 5.41 Å². The molecule has 0 saturated carbocycles. The summed E-state index contributed by atoms with van der Waals surface area (Å²) in [5.74, 6) is -6.19. The van der Waals surface area contributed by atoms with Crippen LogP contribution in [-0.2, 0) is 34.1 Å². The number of aliphatic carboxylic acids is 2. The van der Waals surface area contributed by atoms with Gasteiger partial charge in [-0.3, -0.25) is 24.0 Å². The molecule has 0 fully saturated rings. The van der Waals surface area contributed by atoms with Crippen LogP contribution in [0.15, 0.2) is 53.0 Å². The summed E-state index contributed by atoms with van der Waals surface area (Å²) < 4.78 is 10.7. The van der Waals surface area contributed by atoms with Crippen molar-refractivity contribution in [1.82, 2.24) is 0 Å². The Kier molecular flexibility index (Phi) is 9.17. The molecule has 0 spiro atoms. The van der Waals surface area contributed by atoms with Crippen molar-refractivity contribution in [3.05, 3.63) is 69.2 Å². The number of halogens is 2. The number of carbonyl (C=O) groups excluding carboxylic acids is 3. The van der Waals surface area contributed by atoms with Crippen molar-refractivity contribution in [3.63, 3.8) is 0 Å². The normalized spacial score (nSPS) is 12.8. The number of ether oxygens (including phenoxy) is 2. The van der Waals surface area contributed by atoms with Crippen LogP contribution >= 0.6 is 27.5 Å². The number of carboxylic acids is 2. The third kappa shape index (κ3) is 6.07. The second kappa shape index (κ2) is 11.5. The smallest absolute Gasteiger partial charge is 0.325 e. The fourth-order valence-corrected chi connectivity index (χ4v) is 4.13. The summed E-state index contributed by atoms with van der Waals surface area (Å²) in [6.45, 7) is 0.0898. The minimum absolute atomic E-state index is 0.0329. The maximum absolute atomic E-state index is 13.4. The molecule has 35 heavy (non-hydrogen) atoms. The van der Waals surface area contributed by atoms with Gasteiger partial charge in [0.1, 0.15) is 13.2 Å². The van der Waals surface area contributed by atoms with Gasteiger partial charge in [-0.15, -0.1) is 0 Å². The Labute approximate surface area is 214 Å². The largest absolute Gasteiger partial charge is 0.480 e. The van der Waals surface area contributed by atoms with Crippen LogP contribution in [0, 0.1) is 5.41 Å². The molecule has 0 radical (unpaired) electrons. The zero-order valence-electron chi connectivity index (χ0n) is 18.7. The van der Waals surface area contributed by atoms with E-state index in [0.717, 1.165) is 13.8 Å². The number of hydrogen-bond acceptors (Lipinski definition) is 7. The quantitative estimate of drug-likeness (QED) is 0.234. The first-order valence-electron chi connectivity index (χ1n) is 10.1. The van der Waals surface area contributed by atoms with Gasteiger partial charge in [0, 0.05) is 35.3 Å². The summed E-state index contributed by atoms with van der Waals surface area (Å²) >= 11 is 9.25. The Balaban J connectivity index is 2.89. The first kappa shape index (κ1) is 28.0. The zero-order chi connectivity index (χ0) is 26.4. The third-order valence-corrected chi connectivity index (χ3v) is 6.37. The third-order valence-electron chi connectivity index (χ3n) is 5.59. The fraction of sp³-hybridized carbons (Fsp3) is 0.292. The average molecular weight is 570 g/mol. The molecule has 2 aromatic carbocycles. The lowest BCUT2D eigenvalue weighted by atomic mass is 9.57. The second-order valence-corrected chi connectivity index (χ2v) is 9.12. The minimum atomic E-state index is -2.92. The lowest BCUT2D eigenvalue weighted by Gasteiger charge is -2.44. The van der Waals surface area contributed by atoms with Crippen molar-refractivity contribution in [2.24, 2.45) is 5.41 Å². The summed E-state index contributed by atoms with van der Waals surface area (Å²) in [6, 6.07) is 11.6. The van der Waals surface area contributed by atoms with Crippen molar-refractivity contribution in [2.75, 3.05) is 13.2 Å². The van der Waals surface area contributed by atoms with E-state index in [-0.39, 0.29) is 16.1 Å². The second-order valence-electron chi connectivity index (χ2n) is 7.77. The Bertz CT molecular complexity index is 1110. The van der Waals surface area contributed by atoms with Crippen LogP contribution in [0.25, 0.3) is 0 Å². The molecule has 0 saturated heterocycles. The number of benzene rings is 2. The highest BCUT2D eigenvalue weighted by Crippen LogP contribution is 2.48. The standard InChI is InChI=1S/C24H22BrClO9/c1-14(27)34-12-23(17-5-9-19(26)10-6-17,11-20(29)16-3-7-18(25)8-4-16)24(21(30)31,22(32)33)13-35-15(2)28/h3-10H,11-13H2,1-2H3,(H,30,31)(H,32,33). The molecule has 11 heteroatoms. The zero-order valence-corrected chi connectivity index (χ0v) is 21.1. The molecule has 0 amide bonds. The predicted octanol–water partition coefficient (Wildman–Crippen LogP) is 3.90. The Morgan fingerprint density at radius 1 is 0.829 bits per heavy atom. The predicted molar refractivity (Wildman–Crippen MR) is 127 cm³/mol. The van der Waals surface area contributed by atoms with Gasteiger partial charge in [0.15, 0.2) is 5.78 Å². The molecule has 0 aliphatic carbocycles. The van der Waals surface area contributed by atoms with E-state index >= 15 is 0 Å². The molecule has 2 rings (SSSR count). The lowest BCUT2D eigenvalue weighted by Crippen LogP contribution is -2.62. The molecule has 0 aromatic heterocycles. The molecule has 0 aliphatic rings.